The molecular weight excluding hydrogens is 505 g/mol. The zero-order valence-corrected chi connectivity index (χ0v) is 22.4. The van der Waals surface area contributed by atoms with Gasteiger partial charge in [0.1, 0.15) is 18.4 Å². The third-order valence-corrected chi connectivity index (χ3v) is 7.89. The molecule has 196 valence electrons. The van der Waals surface area contributed by atoms with Gasteiger partial charge in [-0.2, -0.15) is 0 Å². The maximum atomic E-state index is 13.7. The van der Waals surface area contributed by atoms with Gasteiger partial charge < -0.3 is 10.2 Å². The fraction of sp³-hybridized carbons (Fsp3) is 0.462. The Bertz CT molecular complexity index is 1180. The molecule has 36 heavy (non-hydrogen) atoms. The van der Waals surface area contributed by atoms with Crippen molar-refractivity contribution in [3.63, 3.8) is 0 Å². The summed E-state index contributed by atoms with van der Waals surface area (Å²) in [5.74, 6) is -1.54. The van der Waals surface area contributed by atoms with Crippen molar-refractivity contribution in [3.8, 4) is 0 Å². The van der Waals surface area contributed by atoms with Crippen LogP contribution in [-0.4, -0.2) is 50.0 Å². The van der Waals surface area contributed by atoms with Crippen LogP contribution < -0.4 is 9.62 Å². The molecule has 0 bridgehead atoms. The van der Waals surface area contributed by atoms with E-state index >= 15 is 0 Å². The smallest absolute Gasteiger partial charge is 0.244 e. The second-order valence-corrected chi connectivity index (χ2v) is 11.7. The number of carbonyl (C=O) groups is 2. The normalized spacial score (nSPS) is 15.2. The first-order valence-electron chi connectivity index (χ1n) is 12.0. The molecule has 1 atom stereocenters. The minimum absolute atomic E-state index is 0.0619. The van der Waals surface area contributed by atoms with Crippen LogP contribution in [0.2, 0.25) is 5.02 Å². The van der Waals surface area contributed by atoms with E-state index in [0.717, 1.165) is 65.9 Å². The lowest BCUT2D eigenvalue weighted by Gasteiger charge is -2.33. The van der Waals surface area contributed by atoms with E-state index in [9.17, 15) is 22.4 Å². The van der Waals surface area contributed by atoms with Gasteiger partial charge in [-0.25, -0.2) is 12.8 Å². The molecule has 0 aromatic heterocycles. The van der Waals surface area contributed by atoms with E-state index in [2.05, 4.69) is 5.32 Å². The number of nitrogens with one attached hydrogen (secondary N) is 1. The van der Waals surface area contributed by atoms with Gasteiger partial charge in [0.15, 0.2) is 0 Å². The fourth-order valence-corrected chi connectivity index (χ4v) is 5.31. The summed E-state index contributed by atoms with van der Waals surface area (Å²) in [6.45, 7) is 3.16. The molecule has 1 fully saturated rings. The molecule has 7 nitrogen and oxygen atoms in total. The van der Waals surface area contributed by atoms with Gasteiger partial charge in [-0.1, -0.05) is 60.7 Å². The first kappa shape index (κ1) is 27.9. The van der Waals surface area contributed by atoms with Gasteiger partial charge in [0, 0.05) is 12.6 Å². The van der Waals surface area contributed by atoms with E-state index in [0.29, 0.717) is 0 Å². The van der Waals surface area contributed by atoms with Crippen LogP contribution in [0.1, 0.15) is 50.2 Å². The Hall–Kier alpha value is -2.65. The Kier molecular flexibility index (Phi) is 9.35. The number of rotatable bonds is 9. The summed E-state index contributed by atoms with van der Waals surface area (Å²) < 4.78 is 39.7. The summed E-state index contributed by atoms with van der Waals surface area (Å²) in [7, 11) is -3.92. The summed E-state index contributed by atoms with van der Waals surface area (Å²) in [4.78, 5) is 28.1. The number of hydrogen-bond acceptors (Lipinski definition) is 4. The number of benzene rings is 2. The molecule has 3 rings (SSSR count). The zero-order chi connectivity index (χ0) is 26.5. The van der Waals surface area contributed by atoms with Crippen LogP contribution in [0.15, 0.2) is 42.5 Å². The molecule has 2 aromatic rings. The van der Waals surface area contributed by atoms with E-state index in [1.165, 1.54) is 11.0 Å². The Balaban J connectivity index is 1.87. The Morgan fingerprint density at radius 2 is 1.75 bits per heavy atom. The average molecular weight is 538 g/mol. The molecule has 10 heteroatoms. The largest absolute Gasteiger partial charge is 0.352 e. The monoisotopic (exact) mass is 537 g/mol. The fourth-order valence-electron chi connectivity index (χ4n) is 4.30. The van der Waals surface area contributed by atoms with E-state index in [-0.39, 0.29) is 29.2 Å². The maximum absolute atomic E-state index is 13.7. The third kappa shape index (κ3) is 7.43. The highest BCUT2D eigenvalue weighted by molar-refractivity contribution is 7.92. The van der Waals surface area contributed by atoms with Crippen LogP contribution in [0.5, 0.6) is 0 Å². The zero-order valence-electron chi connectivity index (χ0n) is 20.8. The molecule has 2 amide bonds. The molecule has 0 heterocycles. The summed E-state index contributed by atoms with van der Waals surface area (Å²) >= 11 is 5.87. The van der Waals surface area contributed by atoms with Crippen molar-refractivity contribution in [3.05, 3.63) is 64.4 Å². The number of nitrogens with zero attached hydrogens (tertiary/aromatic N) is 2. The summed E-state index contributed by atoms with van der Waals surface area (Å²) in [6.07, 6.45) is 6.01. The number of aryl methyl sites for hydroxylation is 1. The minimum Gasteiger partial charge on any atom is -0.352 e. The average Bonchev–Trinajstić information content (AvgIpc) is 2.83. The van der Waals surface area contributed by atoms with Gasteiger partial charge in [-0.15, -0.1) is 0 Å². The summed E-state index contributed by atoms with van der Waals surface area (Å²) in [5, 5.41) is 2.80. The number of amides is 2. The van der Waals surface area contributed by atoms with Crippen LogP contribution in [0, 0.1) is 12.7 Å². The second kappa shape index (κ2) is 12.1. The topological polar surface area (TPSA) is 86.8 Å². The van der Waals surface area contributed by atoms with Crippen LogP contribution in [-0.2, 0) is 26.2 Å². The highest BCUT2D eigenvalue weighted by Crippen LogP contribution is 2.25. The van der Waals surface area contributed by atoms with Crippen molar-refractivity contribution in [2.75, 3.05) is 17.1 Å². The van der Waals surface area contributed by atoms with Crippen LogP contribution in [0.25, 0.3) is 0 Å². The summed E-state index contributed by atoms with van der Waals surface area (Å²) in [5.41, 5.74) is 1.92. The Labute approximate surface area is 217 Å². The van der Waals surface area contributed by atoms with Crippen LogP contribution in [0.4, 0.5) is 10.1 Å². The highest BCUT2D eigenvalue weighted by Gasteiger charge is 2.31. The van der Waals surface area contributed by atoms with Crippen LogP contribution in [0.3, 0.4) is 0 Å². The molecule has 0 aliphatic heterocycles. The molecule has 1 aliphatic carbocycles. The van der Waals surface area contributed by atoms with Crippen molar-refractivity contribution < 1.29 is 22.4 Å². The van der Waals surface area contributed by atoms with Gasteiger partial charge in [0.05, 0.1) is 17.0 Å². The molecule has 0 saturated heterocycles. The highest BCUT2D eigenvalue weighted by atomic mass is 35.5. The predicted octanol–water partition coefficient (Wildman–Crippen LogP) is 4.42. The third-order valence-electron chi connectivity index (χ3n) is 6.46. The van der Waals surface area contributed by atoms with Crippen molar-refractivity contribution >= 4 is 39.1 Å². The molecule has 1 saturated carbocycles. The number of carbonyl (C=O) groups excluding carboxylic acids is 2. The molecule has 0 unspecified atom stereocenters. The molecule has 0 spiro atoms. The number of sulfonamides is 1. The van der Waals surface area contributed by atoms with Gasteiger partial charge >= 0.3 is 0 Å². The maximum Gasteiger partial charge on any atom is 0.244 e. The number of anilines is 1. The number of halogens is 2. The lowest BCUT2D eigenvalue weighted by atomic mass is 9.95. The molecule has 2 aromatic carbocycles. The Morgan fingerprint density at radius 1 is 1.11 bits per heavy atom. The SMILES string of the molecule is Cc1ccc(CN(C(=O)CN(c2ccc(F)c(Cl)c2)S(C)(=O)=O)[C@H](C)C(=O)NC2CCCCC2)cc1. The molecule has 0 radical (unpaired) electrons. The molecule has 1 N–H and O–H groups in total. The van der Waals surface area contributed by atoms with Crippen molar-refractivity contribution in [1.29, 1.82) is 0 Å². The van der Waals surface area contributed by atoms with Gasteiger partial charge in [-0.3, -0.25) is 13.9 Å². The van der Waals surface area contributed by atoms with Gasteiger partial charge in [0.25, 0.3) is 0 Å². The number of hydrogen-bond donors (Lipinski definition) is 1. The van der Waals surface area contributed by atoms with Crippen molar-refractivity contribution in [1.82, 2.24) is 10.2 Å². The van der Waals surface area contributed by atoms with Crippen LogP contribution >= 0.6 is 11.6 Å². The second-order valence-electron chi connectivity index (χ2n) is 9.39. The Morgan fingerprint density at radius 3 is 2.33 bits per heavy atom. The van der Waals surface area contributed by atoms with Crippen molar-refractivity contribution in [2.24, 2.45) is 0 Å². The quantitative estimate of drug-likeness (QED) is 0.513. The van der Waals surface area contributed by atoms with Gasteiger partial charge in [0.2, 0.25) is 21.8 Å². The van der Waals surface area contributed by atoms with E-state index in [1.807, 2.05) is 31.2 Å². The van der Waals surface area contributed by atoms with E-state index < -0.39 is 34.3 Å². The summed E-state index contributed by atoms with van der Waals surface area (Å²) in [6, 6.07) is 10.3. The predicted molar refractivity (Wildman–Crippen MR) is 140 cm³/mol. The lowest BCUT2D eigenvalue weighted by Crippen LogP contribution is -2.52. The van der Waals surface area contributed by atoms with E-state index in [1.54, 1.807) is 6.92 Å². The first-order chi connectivity index (χ1) is 17.0. The van der Waals surface area contributed by atoms with Crippen molar-refractivity contribution in [2.45, 2.75) is 64.6 Å². The first-order valence-corrected chi connectivity index (χ1v) is 14.3. The van der Waals surface area contributed by atoms with Gasteiger partial charge in [-0.05, 0) is 50.5 Å². The minimum atomic E-state index is -3.92. The molecule has 1 aliphatic rings. The molecular formula is C26H33ClFN3O4S. The lowest BCUT2D eigenvalue weighted by molar-refractivity contribution is -0.139. The standard InChI is InChI=1S/C26H33ClFN3O4S/c1-18-9-11-20(12-10-18)16-30(19(2)26(33)29-21-7-5-4-6-8-21)25(32)17-31(36(3,34)35)22-13-14-24(28)23(27)15-22/h9-15,19,21H,4-8,16-17H2,1-3H3,(H,29,33)/t19-/m1/s1. The van der Waals surface area contributed by atoms with E-state index in [4.69, 9.17) is 11.6 Å².